The zero-order valence-corrected chi connectivity index (χ0v) is 19.6. The summed E-state index contributed by atoms with van der Waals surface area (Å²) in [7, 11) is 1.49. The van der Waals surface area contributed by atoms with E-state index in [0.29, 0.717) is 38.8 Å². The molecule has 0 bridgehead atoms. The van der Waals surface area contributed by atoms with Crippen LogP contribution in [-0.4, -0.2) is 78.1 Å². The van der Waals surface area contributed by atoms with Crippen molar-refractivity contribution >= 4 is 17.7 Å². The van der Waals surface area contributed by atoms with Crippen molar-refractivity contribution in [2.75, 3.05) is 26.8 Å². The van der Waals surface area contributed by atoms with Crippen LogP contribution in [0.25, 0.3) is 0 Å². The lowest BCUT2D eigenvalue weighted by molar-refractivity contribution is -0.154. The lowest BCUT2D eigenvalue weighted by atomic mass is 10.00. The minimum atomic E-state index is -0.986. The van der Waals surface area contributed by atoms with Crippen LogP contribution in [0, 0.1) is 0 Å². The number of carbonyl (C=O) groups is 3. The molecule has 0 radical (unpaired) electrons. The SMILES string of the molecule is COC(C)(C)C(=O)N1CC[C@H]2CC[C@@H](C(=O)N[C@@H]3CCOc4ccccc43)N2C(=O)[C@@H](N)C1. The van der Waals surface area contributed by atoms with E-state index >= 15 is 0 Å². The zero-order chi connectivity index (χ0) is 23.8. The van der Waals surface area contributed by atoms with Crippen molar-refractivity contribution in [2.24, 2.45) is 5.73 Å². The molecule has 33 heavy (non-hydrogen) atoms. The van der Waals surface area contributed by atoms with Crippen LogP contribution in [-0.2, 0) is 19.1 Å². The standard InChI is InChI=1S/C24H34N4O5/c1-24(2,32-3)23(31)27-12-10-15-8-9-19(28(15)22(30)17(25)14-27)21(29)26-18-11-13-33-20-7-5-4-6-16(18)20/h4-7,15,17-19H,8-14,25H2,1-3H3,(H,26,29)/t15-,17+,18-,19+/m1/s1. The molecule has 180 valence electrons. The number of rotatable bonds is 4. The molecule has 3 N–H and O–H groups in total. The first-order chi connectivity index (χ1) is 15.7. The highest BCUT2D eigenvalue weighted by Crippen LogP contribution is 2.34. The summed E-state index contributed by atoms with van der Waals surface area (Å²) < 4.78 is 11.0. The molecule has 0 unspecified atom stereocenters. The largest absolute Gasteiger partial charge is 0.493 e. The van der Waals surface area contributed by atoms with E-state index in [4.69, 9.17) is 15.2 Å². The van der Waals surface area contributed by atoms with Crippen LogP contribution in [0.5, 0.6) is 5.75 Å². The Morgan fingerprint density at radius 1 is 1.18 bits per heavy atom. The first kappa shape index (κ1) is 23.5. The number of benzene rings is 1. The maximum Gasteiger partial charge on any atom is 0.254 e. The van der Waals surface area contributed by atoms with E-state index in [-0.39, 0.29) is 36.3 Å². The smallest absolute Gasteiger partial charge is 0.254 e. The molecule has 3 aliphatic heterocycles. The third-order valence-corrected chi connectivity index (χ3v) is 7.11. The van der Waals surface area contributed by atoms with Gasteiger partial charge in [0.15, 0.2) is 0 Å². The molecule has 0 aliphatic carbocycles. The molecule has 0 aromatic heterocycles. The van der Waals surface area contributed by atoms with Crippen LogP contribution in [0.2, 0.25) is 0 Å². The van der Waals surface area contributed by atoms with Crippen LogP contribution in [0.4, 0.5) is 0 Å². The van der Waals surface area contributed by atoms with Crippen LogP contribution in [0.1, 0.15) is 51.1 Å². The maximum atomic E-state index is 13.3. The molecule has 4 rings (SSSR count). The normalized spacial score (nSPS) is 27.7. The molecule has 1 aromatic rings. The van der Waals surface area contributed by atoms with E-state index in [1.165, 1.54) is 7.11 Å². The van der Waals surface area contributed by atoms with Crippen LogP contribution in [0.3, 0.4) is 0 Å². The van der Waals surface area contributed by atoms with E-state index in [1.54, 1.807) is 23.6 Å². The summed E-state index contributed by atoms with van der Waals surface area (Å²) in [5, 5.41) is 3.14. The minimum absolute atomic E-state index is 0.107. The molecule has 3 heterocycles. The number of hydrogen-bond donors (Lipinski definition) is 2. The van der Waals surface area contributed by atoms with E-state index in [9.17, 15) is 14.4 Å². The number of methoxy groups -OCH3 is 1. The van der Waals surface area contributed by atoms with Crippen LogP contribution >= 0.6 is 0 Å². The highest BCUT2D eigenvalue weighted by Gasteiger charge is 2.45. The van der Waals surface area contributed by atoms with E-state index in [0.717, 1.165) is 11.3 Å². The predicted octanol–water partition coefficient (Wildman–Crippen LogP) is 0.971. The summed E-state index contributed by atoms with van der Waals surface area (Å²) >= 11 is 0. The molecule has 0 spiro atoms. The highest BCUT2D eigenvalue weighted by atomic mass is 16.5. The Balaban J connectivity index is 1.47. The van der Waals surface area contributed by atoms with Gasteiger partial charge in [-0.2, -0.15) is 0 Å². The van der Waals surface area contributed by atoms with Crippen LogP contribution in [0.15, 0.2) is 24.3 Å². The minimum Gasteiger partial charge on any atom is -0.493 e. The van der Waals surface area contributed by atoms with E-state index < -0.39 is 17.7 Å². The Hall–Kier alpha value is -2.65. The topological polar surface area (TPSA) is 114 Å². The summed E-state index contributed by atoms with van der Waals surface area (Å²) in [6.45, 7) is 4.52. The summed E-state index contributed by atoms with van der Waals surface area (Å²) in [5.41, 5.74) is 6.22. The number of fused-ring (bicyclic) bond motifs is 2. The summed E-state index contributed by atoms with van der Waals surface area (Å²) in [4.78, 5) is 42.8. The fourth-order valence-electron chi connectivity index (χ4n) is 5.07. The fraction of sp³-hybridized carbons (Fsp3) is 0.625. The van der Waals surface area contributed by atoms with Crippen molar-refractivity contribution in [3.63, 3.8) is 0 Å². The van der Waals surface area contributed by atoms with Gasteiger partial charge in [0.1, 0.15) is 23.4 Å². The number of carbonyl (C=O) groups excluding carboxylic acids is 3. The molecule has 0 saturated carbocycles. The summed E-state index contributed by atoms with van der Waals surface area (Å²) in [6.07, 6.45) is 2.57. The summed E-state index contributed by atoms with van der Waals surface area (Å²) in [5.74, 6) is 0.158. The second kappa shape index (κ2) is 9.30. The van der Waals surface area contributed by atoms with Crippen molar-refractivity contribution in [1.82, 2.24) is 15.1 Å². The monoisotopic (exact) mass is 458 g/mol. The second-order valence-electron chi connectivity index (χ2n) is 9.59. The highest BCUT2D eigenvalue weighted by molar-refractivity contribution is 5.92. The van der Waals surface area contributed by atoms with Crippen molar-refractivity contribution in [1.29, 1.82) is 0 Å². The third kappa shape index (κ3) is 4.56. The van der Waals surface area contributed by atoms with Gasteiger partial charge in [0.2, 0.25) is 11.8 Å². The molecule has 9 heteroatoms. The summed E-state index contributed by atoms with van der Waals surface area (Å²) in [6, 6.07) is 5.98. The zero-order valence-electron chi connectivity index (χ0n) is 19.6. The molecule has 2 fully saturated rings. The van der Waals surface area contributed by atoms with Gasteiger partial charge in [-0.25, -0.2) is 0 Å². The van der Waals surface area contributed by atoms with Crippen molar-refractivity contribution in [3.05, 3.63) is 29.8 Å². The Labute approximate surface area is 194 Å². The van der Waals surface area contributed by atoms with Crippen molar-refractivity contribution in [2.45, 2.75) is 69.3 Å². The molecule has 9 nitrogen and oxygen atoms in total. The Morgan fingerprint density at radius 3 is 2.70 bits per heavy atom. The first-order valence-corrected chi connectivity index (χ1v) is 11.7. The number of ether oxygens (including phenoxy) is 2. The molecule has 2 saturated heterocycles. The number of nitrogens with one attached hydrogen (secondary N) is 1. The number of nitrogens with zero attached hydrogens (tertiary/aromatic N) is 2. The molecular formula is C24H34N4O5. The molecular weight excluding hydrogens is 424 g/mol. The number of hydrogen-bond acceptors (Lipinski definition) is 6. The van der Waals surface area contributed by atoms with Gasteiger partial charge in [0.25, 0.3) is 5.91 Å². The maximum absolute atomic E-state index is 13.3. The fourth-order valence-corrected chi connectivity index (χ4v) is 5.07. The predicted molar refractivity (Wildman–Crippen MR) is 121 cm³/mol. The van der Waals surface area contributed by atoms with Gasteiger partial charge in [-0.1, -0.05) is 18.2 Å². The molecule has 4 atom stereocenters. The van der Waals surface area contributed by atoms with Crippen LogP contribution < -0.4 is 15.8 Å². The van der Waals surface area contributed by atoms with E-state index in [1.807, 2.05) is 24.3 Å². The van der Waals surface area contributed by atoms with Crippen molar-refractivity contribution < 1.29 is 23.9 Å². The number of para-hydroxylation sites is 1. The Kier molecular flexibility index (Phi) is 6.63. The quantitative estimate of drug-likeness (QED) is 0.695. The van der Waals surface area contributed by atoms with Gasteiger partial charge < -0.3 is 30.3 Å². The third-order valence-electron chi connectivity index (χ3n) is 7.11. The van der Waals surface area contributed by atoms with E-state index in [2.05, 4.69) is 5.32 Å². The van der Waals surface area contributed by atoms with Crippen molar-refractivity contribution in [3.8, 4) is 5.75 Å². The van der Waals surface area contributed by atoms with Gasteiger partial charge in [0, 0.05) is 38.2 Å². The molecule has 3 amide bonds. The lowest BCUT2D eigenvalue weighted by Crippen LogP contribution is -2.61. The van der Waals surface area contributed by atoms with Gasteiger partial charge >= 0.3 is 0 Å². The average molecular weight is 459 g/mol. The molecule has 1 aromatic carbocycles. The number of nitrogens with two attached hydrogens (primary N) is 1. The average Bonchev–Trinajstić information content (AvgIpc) is 3.23. The first-order valence-electron chi connectivity index (χ1n) is 11.7. The van der Waals surface area contributed by atoms with Gasteiger partial charge in [-0.15, -0.1) is 0 Å². The molecule has 3 aliphatic rings. The second-order valence-corrected chi connectivity index (χ2v) is 9.59. The van der Waals surface area contributed by atoms with Gasteiger partial charge in [-0.05, 0) is 39.2 Å². The Morgan fingerprint density at radius 2 is 1.94 bits per heavy atom. The van der Waals surface area contributed by atoms with Gasteiger partial charge in [-0.3, -0.25) is 14.4 Å². The number of amides is 3. The lowest BCUT2D eigenvalue weighted by Gasteiger charge is -2.39. The Bertz CT molecular complexity index is 920. The van der Waals surface area contributed by atoms with Gasteiger partial charge in [0.05, 0.1) is 12.6 Å².